The van der Waals surface area contributed by atoms with E-state index in [4.69, 9.17) is 14.2 Å². The smallest absolute Gasteiger partial charge is 0.0945 e. The minimum Gasteiger partial charge on any atom is -0.379 e. The van der Waals surface area contributed by atoms with Crippen LogP contribution in [0.3, 0.4) is 0 Å². The van der Waals surface area contributed by atoms with Gasteiger partial charge in [-0.2, -0.15) is 0 Å². The quantitative estimate of drug-likeness (QED) is 0.139. The third-order valence-corrected chi connectivity index (χ3v) is 6.05. The summed E-state index contributed by atoms with van der Waals surface area (Å²) in [5, 5.41) is 0. The summed E-state index contributed by atoms with van der Waals surface area (Å²) in [6.45, 7) is 32.7. The molecule has 2 aromatic heterocycles. The first-order chi connectivity index (χ1) is 21.4. The summed E-state index contributed by atoms with van der Waals surface area (Å²) >= 11 is 0. The van der Waals surface area contributed by atoms with E-state index in [-0.39, 0.29) is 14.9 Å². The van der Waals surface area contributed by atoms with E-state index >= 15 is 0 Å². The van der Waals surface area contributed by atoms with Crippen molar-refractivity contribution >= 4 is 0 Å². The lowest BCUT2D eigenvalue weighted by Crippen LogP contribution is -2.06. The Morgan fingerprint density at radius 1 is 0.489 bits per heavy atom. The number of nitrogens with zero attached hydrogens (tertiary/aromatic N) is 4. The number of aromatic nitrogens is 4. The summed E-state index contributed by atoms with van der Waals surface area (Å²) in [5.41, 5.74) is 0. The van der Waals surface area contributed by atoms with Crippen LogP contribution >= 0.6 is 0 Å². The molecule has 0 aromatic carbocycles. The van der Waals surface area contributed by atoms with Crippen LogP contribution < -0.4 is 0 Å². The van der Waals surface area contributed by atoms with Gasteiger partial charge < -0.3 is 23.3 Å². The fraction of sp³-hybridized carbons (Fsp3) is 0.850. The largest absolute Gasteiger partial charge is 0.379 e. The Labute approximate surface area is 296 Å². The van der Waals surface area contributed by atoms with Crippen molar-refractivity contribution in [1.82, 2.24) is 19.1 Å². The summed E-state index contributed by atoms with van der Waals surface area (Å²) in [6.07, 6.45) is 23.7. The SMILES string of the molecule is C.C.CC(C)CCCn1ccnc1.CC(C)OCCCn1ccnc1.CCCC(C)C.CCCCCOC(C)C.CCCOC(C)C. The van der Waals surface area contributed by atoms with Crippen LogP contribution in [-0.2, 0) is 27.3 Å². The summed E-state index contributed by atoms with van der Waals surface area (Å²) < 4.78 is 20.1. The minimum atomic E-state index is 0. The van der Waals surface area contributed by atoms with E-state index in [9.17, 15) is 0 Å². The maximum Gasteiger partial charge on any atom is 0.0945 e. The number of imidazole rings is 2. The van der Waals surface area contributed by atoms with Gasteiger partial charge in [-0.3, -0.25) is 0 Å². The summed E-state index contributed by atoms with van der Waals surface area (Å²) in [7, 11) is 0. The Bertz CT molecular complexity index is 746. The van der Waals surface area contributed by atoms with Gasteiger partial charge in [-0.05, 0) is 85.5 Å². The number of aryl methyl sites for hydroxylation is 2. The van der Waals surface area contributed by atoms with E-state index in [0.717, 1.165) is 57.6 Å². The first-order valence-electron chi connectivity index (χ1n) is 18.1. The Morgan fingerprint density at radius 2 is 0.915 bits per heavy atom. The van der Waals surface area contributed by atoms with Crippen LogP contribution in [0, 0.1) is 11.8 Å². The molecule has 0 bridgehead atoms. The maximum absolute atomic E-state index is 5.41. The van der Waals surface area contributed by atoms with E-state index in [1.807, 2.05) is 31.2 Å². The zero-order chi connectivity index (χ0) is 34.7. The van der Waals surface area contributed by atoms with Gasteiger partial charge in [0, 0.05) is 57.7 Å². The fourth-order valence-corrected chi connectivity index (χ4v) is 3.69. The molecule has 0 amide bonds. The average Bonchev–Trinajstić information content (AvgIpc) is 3.68. The zero-order valence-electron chi connectivity index (χ0n) is 32.3. The predicted octanol–water partition coefficient (Wildman–Crippen LogP) is 12.2. The van der Waals surface area contributed by atoms with Crippen molar-refractivity contribution in [3.05, 3.63) is 37.4 Å². The molecular weight excluding hydrogens is 584 g/mol. The second-order valence-corrected chi connectivity index (χ2v) is 13.1. The molecule has 0 fully saturated rings. The van der Waals surface area contributed by atoms with Gasteiger partial charge in [-0.1, -0.05) is 89.0 Å². The first-order valence-corrected chi connectivity index (χ1v) is 18.1. The summed E-state index contributed by atoms with van der Waals surface area (Å²) in [4.78, 5) is 7.94. The molecule has 0 radical (unpaired) electrons. The topological polar surface area (TPSA) is 63.3 Å². The van der Waals surface area contributed by atoms with Gasteiger partial charge in [0.1, 0.15) is 0 Å². The molecule has 0 aliphatic rings. The molecular formula is C40H86N4O3. The second-order valence-electron chi connectivity index (χ2n) is 13.1. The molecule has 0 saturated carbocycles. The van der Waals surface area contributed by atoms with Crippen LogP contribution in [0.5, 0.6) is 0 Å². The van der Waals surface area contributed by atoms with Gasteiger partial charge in [-0.25, -0.2) is 9.97 Å². The van der Waals surface area contributed by atoms with Crippen molar-refractivity contribution in [2.24, 2.45) is 11.8 Å². The van der Waals surface area contributed by atoms with Crippen LogP contribution in [0.1, 0.15) is 163 Å². The molecule has 2 aromatic rings. The van der Waals surface area contributed by atoms with E-state index in [0.29, 0.717) is 18.3 Å². The molecule has 0 unspecified atom stereocenters. The molecule has 7 nitrogen and oxygen atoms in total. The van der Waals surface area contributed by atoms with Crippen molar-refractivity contribution in [1.29, 1.82) is 0 Å². The zero-order valence-corrected chi connectivity index (χ0v) is 32.3. The molecule has 2 rings (SSSR count). The fourth-order valence-electron chi connectivity index (χ4n) is 3.69. The Morgan fingerprint density at radius 3 is 1.21 bits per heavy atom. The number of unbranched alkanes of at least 4 members (excludes halogenated alkanes) is 2. The van der Waals surface area contributed by atoms with Crippen LogP contribution in [0.25, 0.3) is 0 Å². The van der Waals surface area contributed by atoms with Gasteiger partial charge in [0.15, 0.2) is 0 Å². The van der Waals surface area contributed by atoms with Crippen molar-refractivity contribution in [2.75, 3.05) is 19.8 Å². The van der Waals surface area contributed by atoms with Crippen LogP contribution in [0.15, 0.2) is 37.4 Å². The lowest BCUT2D eigenvalue weighted by atomic mass is 10.1. The van der Waals surface area contributed by atoms with Gasteiger partial charge in [0.2, 0.25) is 0 Å². The molecule has 0 saturated heterocycles. The molecule has 0 aliphatic carbocycles. The number of rotatable bonds is 19. The number of hydrogen-bond donors (Lipinski definition) is 0. The summed E-state index contributed by atoms with van der Waals surface area (Å²) in [6, 6.07) is 0. The van der Waals surface area contributed by atoms with Crippen LogP contribution in [0.2, 0.25) is 0 Å². The summed E-state index contributed by atoms with van der Waals surface area (Å²) in [5.74, 6) is 1.72. The van der Waals surface area contributed by atoms with Crippen molar-refractivity contribution < 1.29 is 14.2 Å². The Kier molecular flexibility index (Phi) is 49.3. The highest BCUT2D eigenvalue weighted by Crippen LogP contribution is 2.04. The molecule has 0 spiro atoms. The van der Waals surface area contributed by atoms with Gasteiger partial charge in [-0.15, -0.1) is 0 Å². The van der Waals surface area contributed by atoms with E-state index < -0.39 is 0 Å². The monoisotopic (exact) mass is 671 g/mol. The van der Waals surface area contributed by atoms with Crippen molar-refractivity contribution in [3.63, 3.8) is 0 Å². The van der Waals surface area contributed by atoms with E-state index in [1.165, 1.54) is 44.9 Å². The second kappa shape index (κ2) is 42.3. The van der Waals surface area contributed by atoms with E-state index in [2.05, 4.69) is 109 Å². The molecule has 2 heterocycles. The molecule has 7 heteroatoms. The minimum absolute atomic E-state index is 0. The molecule has 0 N–H and O–H groups in total. The third kappa shape index (κ3) is 54.0. The maximum atomic E-state index is 5.41. The molecule has 47 heavy (non-hydrogen) atoms. The highest BCUT2D eigenvalue weighted by atomic mass is 16.5. The van der Waals surface area contributed by atoms with Crippen LogP contribution in [-0.4, -0.2) is 57.2 Å². The lowest BCUT2D eigenvalue weighted by Gasteiger charge is -2.06. The standard InChI is InChI=1S/C9H16N2O.C9H16N2.C8H18O.C6H14O.C6H14.2CH4/c1-9(2)12-7-3-5-11-6-4-10-8-11;1-9(2)4-3-6-11-7-5-10-8-11;1-4-5-6-7-9-8(2)3;1-4-5-7-6(2)3;1-4-5-6(2)3;;/h4,6,8-9H,3,5,7H2,1-2H3;5,7-9H,3-4,6H2,1-2H3;8H,4-7H2,1-3H3;6H,4-5H2,1-3H3;6H,4-5H2,1-3H3;2*1H4. The van der Waals surface area contributed by atoms with Gasteiger partial charge in [0.25, 0.3) is 0 Å². The van der Waals surface area contributed by atoms with Gasteiger partial charge in [0.05, 0.1) is 31.0 Å². The first kappa shape index (κ1) is 54.7. The predicted molar refractivity (Wildman–Crippen MR) is 209 cm³/mol. The third-order valence-electron chi connectivity index (χ3n) is 6.05. The number of ether oxygens (including phenoxy) is 3. The van der Waals surface area contributed by atoms with Crippen molar-refractivity contribution in [2.45, 2.75) is 194 Å². The van der Waals surface area contributed by atoms with Crippen LogP contribution in [0.4, 0.5) is 0 Å². The Hall–Kier alpha value is -1.70. The lowest BCUT2D eigenvalue weighted by molar-refractivity contribution is 0.0748. The van der Waals surface area contributed by atoms with Crippen molar-refractivity contribution in [3.8, 4) is 0 Å². The highest BCUT2D eigenvalue weighted by Gasteiger charge is 1.95. The van der Waals surface area contributed by atoms with E-state index in [1.54, 1.807) is 6.20 Å². The Balaban J connectivity index is -0.000000158. The average molecular weight is 671 g/mol. The number of hydrogen-bond acceptors (Lipinski definition) is 5. The molecule has 0 aliphatic heterocycles. The normalized spacial score (nSPS) is 10.2. The highest BCUT2D eigenvalue weighted by molar-refractivity contribution is 4.74. The molecule has 284 valence electrons. The molecule has 0 atom stereocenters. The van der Waals surface area contributed by atoms with Gasteiger partial charge >= 0.3 is 0 Å².